The zero-order valence-electron chi connectivity index (χ0n) is 24.1. The number of likely N-dealkylation sites (tertiary alicyclic amines) is 1. The summed E-state index contributed by atoms with van der Waals surface area (Å²) in [5.74, 6) is 0.711. The van der Waals surface area contributed by atoms with E-state index < -0.39 is 5.54 Å². The summed E-state index contributed by atoms with van der Waals surface area (Å²) in [4.78, 5) is 26.2. The van der Waals surface area contributed by atoms with Gasteiger partial charge in [-0.05, 0) is 49.3 Å². The van der Waals surface area contributed by atoms with Gasteiger partial charge in [0.1, 0.15) is 23.3 Å². The van der Waals surface area contributed by atoms with Gasteiger partial charge >= 0.3 is 0 Å². The van der Waals surface area contributed by atoms with Crippen LogP contribution in [0.25, 0.3) is 11.0 Å². The molecule has 2 atom stereocenters. The van der Waals surface area contributed by atoms with Gasteiger partial charge in [0.15, 0.2) is 0 Å². The molecule has 6 rings (SSSR count). The summed E-state index contributed by atoms with van der Waals surface area (Å²) in [7, 11) is 4.12. The number of carbonyl (C=O) groups excluding carboxylic acids is 1. The molecule has 1 aliphatic rings. The van der Waals surface area contributed by atoms with Crippen molar-refractivity contribution >= 4 is 22.8 Å². The van der Waals surface area contributed by atoms with Crippen LogP contribution in [-0.2, 0) is 10.3 Å². The molecule has 0 spiro atoms. The summed E-state index contributed by atoms with van der Waals surface area (Å²) in [5.41, 5.74) is 3.54. The number of rotatable bonds is 8. The molecule has 42 heavy (non-hydrogen) atoms. The van der Waals surface area contributed by atoms with Gasteiger partial charge in [-0.3, -0.25) is 4.79 Å². The van der Waals surface area contributed by atoms with E-state index in [9.17, 15) is 4.79 Å². The minimum absolute atomic E-state index is 0.0265. The molecular formula is C35H36N6O. The lowest BCUT2D eigenvalue weighted by atomic mass is 9.76. The summed E-state index contributed by atoms with van der Waals surface area (Å²) in [6.07, 6.45) is 6.04. The van der Waals surface area contributed by atoms with Crippen molar-refractivity contribution in [1.82, 2.24) is 24.3 Å². The van der Waals surface area contributed by atoms with E-state index in [0.717, 1.165) is 40.0 Å². The van der Waals surface area contributed by atoms with Gasteiger partial charge in [-0.15, -0.1) is 0 Å². The third-order valence-corrected chi connectivity index (χ3v) is 8.40. The second-order valence-electron chi connectivity index (χ2n) is 11.1. The Morgan fingerprint density at radius 2 is 1.45 bits per heavy atom. The number of anilines is 1. The third kappa shape index (κ3) is 4.86. The fourth-order valence-electron chi connectivity index (χ4n) is 6.35. The number of benzene rings is 3. The molecule has 0 radical (unpaired) electrons. The molecule has 1 amide bonds. The largest absolute Gasteiger partial charge is 0.365 e. The SMILES string of the molecule is C=CC(=O)N1C[C@H](Nc2ncnc3c2ccn3C(c2ccccc2)(c2ccccc2)c2ccccc2)C[C@@H](N(C)C)C1. The van der Waals surface area contributed by atoms with Gasteiger partial charge in [-0.2, -0.15) is 0 Å². The fraction of sp³-hybridized carbons (Fsp3) is 0.229. The number of hydrogen-bond acceptors (Lipinski definition) is 5. The van der Waals surface area contributed by atoms with E-state index in [1.54, 1.807) is 6.33 Å². The van der Waals surface area contributed by atoms with Crippen LogP contribution in [-0.4, -0.2) is 69.5 Å². The molecule has 1 N–H and O–H groups in total. The van der Waals surface area contributed by atoms with Crippen molar-refractivity contribution in [1.29, 1.82) is 0 Å². The third-order valence-electron chi connectivity index (χ3n) is 8.40. The van der Waals surface area contributed by atoms with Gasteiger partial charge in [0.05, 0.1) is 5.39 Å². The maximum Gasteiger partial charge on any atom is 0.246 e. The smallest absolute Gasteiger partial charge is 0.246 e. The Morgan fingerprint density at radius 3 is 1.98 bits per heavy atom. The second kappa shape index (κ2) is 11.6. The standard InChI is InChI=1S/C35H36N6O/c1-4-32(42)40-23-29(22-30(24-40)39(2)3)38-33-31-20-21-41(34(31)37-25-36-33)35(26-14-8-5-9-15-26,27-16-10-6-11-17-27)28-18-12-7-13-19-28/h4-21,25,29-30H,1,22-24H2,2-3H3,(H,36,37,38)/t29-,30-/m1/s1. The summed E-state index contributed by atoms with van der Waals surface area (Å²) < 4.78 is 2.27. The van der Waals surface area contributed by atoms with Crippen LogP contribution in [0.5, 0.6) is 0 Å². The van der Waals surface area contributed by atoms with Crippen LogP contribution in [0, 0.1) is 0 Å². The molecule has 1 aliphatic heterocycles. The molecule has 212 valence electrons. The number of amides is 1. The monoisotopic (exact) mass is 556 g/mol. The van der Waals surface area contributed by atoms with E-state index in [4.69, 9.17) is 9.97 Å². The predicted molar refractivity (Wildman–Crippen MR) is 168 cm³/mol. The van der Waals surface area contributed by atoms with Gasteiger partial charge in [-0.25, -0.2) is 9.97 Å². The van der Waals surface area contributed by atoms with Gasteiger partial charge in [-0.1, -0.05) is 97.6 Å². The van der Waals surface area contributed by atoms with Gasteiger partial charge in [0.2, 0.25) is 5.91 Å². The van der Waals surface area contributed by atoms with Crippen molar-refractivity contribution in [2.75, 3.05) is 32.5 Å². The number of piperidine rings is 1. The van der Waals surface area contributed by atoms with Gasteiger partial charge in [0, 0.05) is 31.4 Å². The number of aromatic nitrogens is 3. The highest BCUT2D eigenvalue weighted by Crippen LogP contribution is 2.43. The Hall–Kier alpha value is -4.75. The van der Waals surface area contributed by atoms with E-state index in [0.29, 0.717) is 13.1 Å². The van der Waals surface area contributed by atoms with Crippen molar-refractivity contribution < 1.29 is 4.79 Å². The van der Waals surface area contributed by atoms with Crippen molar-refractivity contribution in [3.05, 3.63) is 139 Å². The van der Waals surface area contributed by atoms with E-state index in [2.05, 4.69) is 121 Å². The highest BCUT2D eigenvalue weighted by Gasteiger charge is 2.39. The van der Waals surface area contributed by atoms with E-state index >= 15 is 0 Å². The molecular weight excluding hydrogens is 520 g/mol. The molecule has 7 heteroatoms. The lowest BCUT2D eigenvalue weighted by Gasteiger charge is -2.40. The predicted octanol–water partition coefficient (Wildman–Crippen LogP) is 5.40. The first-order valence-electron chi connectivity index (χ1n) is 14.4. The van der Waals surface area contributed by atoms with Crippen LogP contribution >= 0.6 is 0 Å². The zero-order valence-corrected chi connectivity index (χ0v) is 24.1. The summed E-state index contributed by atoms with van der Waals surface area (Å²) >= 11 is 0. The fourth-order valence-corrected chi connectivity index (χ4v) is 6.35. The minimum atomic E-state index is -0.675. The van der Waals surface area contributed by atoms with Crippen LogP contribution in [0.4, 0.5) is 5.82 Å². The Labute approximate surface area is 247 Å². The Morgan fingerprint density at radius 1 is 0.881 bits per heavy atom. The Bertz CT molecular complexity index is 1570. The van der Waals surface area contributed by atoms with Crippen LogP contribution in [0.3, 0.4) is 0 Å². The molecule has 3 aromatic carbocycles. The molecule has 0 saturated carbocycles. The van der Waals surface area contributed by atoms with Crippen molar-refractivity contribution in [2.24, 2.45) is 0 Å². The lowest BCUT2D eigenvalue weighted by molar-refractivity contribution is -0.128. The molecule has 7 nitrogen and oxygen atoms in total. The summed E-state index contributed by atoms with van der Waals surface area (Å²) in [6.45, 7) is 4.97. The second-order valence-corrected chi connectivity index (χ2v) is 11.1. The van der Waals surface area contributed by atoms with Crippen LogP contribution in [0.2, 0.25) is 0 Å². The van der Waals surface area contributed by atoms with Gasteiger partial charge < -0.3 is 19.7 Å². The van der Waals surface area contributed by atoms with E-state index in [1.165, 1.54) is 6.08 Å². The van der Waals surface area contributed by atoms with E-state index in [1.807, 2.05) is 23.1 Å². The first-order valence-corrected chi connectivity index (χ1v) is 14.4. The average Bonchev–Trinajstić information content (AvgIpc) is 3.48. The number of fused-ring (bicyclic) bond motifs is 1. The number of carbonyl (C=O) groups is 1. The highest BCUT2D eigenvalue weighted by atomic mass is 16.2. The van der Waals surface area contributed by atoms with Gasteiger partial charge in [0.25, 0.3) is 0 Å². The molecule has 1 fully saturated rings. The summed E-state index contributed by atoms with van der Waals surface area (Å²) in [6, 6.07) is 34.1. The first kappa shape index (κ1) is 27.4. The molecule has 0 unspecified atom stereocenters. The average molecular weight is 557 g/mol. The number of nitrogens with one attached hydrogen (secondary N) is 1. The number of likely N-dealkylation sites (N-methyl/N-ethyl adjacent to an activating group) is 1. The zero-order chi connectivity index (χ0) is 29.1. The number of nitrogens with zero attached hydrogens (tertiary/aromatic N) is 5. The normalized spacial score (nSPS) is 17.4. The Kier molecular flexibility index (Phi) is 7.59. The lowest BCUT2D eigenvalue weighted by Crippen LogP contribution is -2.54. The maximum atomic E-state index is 12.6. The molecule has 3 heterocycles. The molecule has 0 bridgehead atoms. The van der Waals surface area contributed by atoms with Crippen LogP contribution < -0.4 is 5.32 Å². The number of hydrogen-bond donors (Lipinski definition) is 1. The van der Waals surface area contributed by atoms with Crippen LogP contribution in [0.1, 0.15) is 23.1 Å². The minimum Gasteiger partial charge on any atom is -0.365 e. The van der Waals surface area contributed by atoms with E-state index in [-0.39, 0.29) is 18.0 Å². The van der Waals surface area contributed by atoms with Crippen LogP contribution in [0.15, 0.2) is 122 Å². The molecule has 1 saturated heterocycles. The molecule has 2 aromatic heterocycles. The van der Waals surface area contributed by atoms with Crippen molar-refractivity contribution in [2.45, 2.75) is 24.0 Å². The van der Waals surface area contributed by atoms with Crippen molar-refractivity contribution in [3.63, 3.8) is 0 Å². The first-order chi connectivity index (χ1) is 20.5. The highest BCUT2D eigenvalue weighted by molar-refractivity contribution is 5.89. The molecule has 0 aliphatic carbocycles. The topological polar surface area (TPSA) is 66.3 Å². The maximum absolute atomic E-state index is 12.6. The summed E-state index contributed by atoms with van der Waals surface area (Å²) in [5, 5.41) is 4.61. The quantitative estimate of drug-likeness (QED) is 0.205. The molecule has 5 aromatic rings. The Balaban J connectivity index is 1.50. The van der Waals surface area contributed by atoms with Crippen molar-refractivity contribution in [3.8, 4) is 0 Å².